The second kappa shape index (κ2) is 22.3. The largest absolute Gasteiger partial charge is 0.495 e. The van der Waals surface area contributed by atoms with Gasteiger partial charge in [0, 0.05) is 31.2 Å². The first-order valence-electron chi connectivity index (χ1n) is 18.4. The molecule has 0 saturated carbocycles. The Kier molecular flexibility index (Phi) is 17.3. The molecule has 0 saturated heterocycles. The van der Waals surface area contributed by atoms with Gasteiger partial charge in [-0.2, -0.15) is 0 Å². The number of methoxy groups -OCH3 is 2. The molecule has 4 aromatic rings. The highest BCUT2D eigenvalue weighted by Crippen LogP contribution is 2.25. The minimum atomic E-state index is -0.723. The van der Waals surface area contributed by atoms with Gasteiger partial charge >= 0.3 is 11.5 Å². The number of halogens is 1. The van der Waals surface area contributed by atoms with E-state index in [9.17, 15) is 9.59 Å². The Balaban J connectivity index is 0.000000210. The van der Waals surface area contributed by atoms with Gasteiger partial charge in [-0.3, -0.25) is 9.97 Å². The summed E-state index contributed by atoms with van der Waals surface area (Å²) in [5.74, 6) is 3.83. The van der Waals surface area contributed by atoms with E-state index >= 15 is 0 Å². The molecular formula is C42H53ClN4O8. The Hall–Kier alpha value is -5.07. The van der Waals surface area contributed by atoms with E-state index in [0.29, 0.717) is 51.4 Å². The number of aromatic nitrogens is 2. The number of pyridine rings is 2. The van der Waals surface area contributed by atoms with Crippen LogP contribution in [0.5, 0.6) is 23.0 Å². The van der Waals surface area contributed by atoms with Crippen LogP contribution in [0.2, 0.25) is 0 Å². The molecule has 0 atom stereocenters. The van der Waals surface area contributed by atoms with E-state index in [1.54, 1.807) is 31.5 Å². The lowest BCUT2D eigenvalue weighted by molar-refractivity contribution is 0.0878. The molecule has 2 aliphatic rings. The number of ether oxygens (including phenoxy) is 6. The molecule has 13 heteroatoms. The summed E-state index contributed by atoms with van der Waals surface area (Å²) in [6, 6.07) is 19.9. The molecule has 0 unspecified atom stereocenters. The third-order valence-electron chi connectivity index (χ3n) is 8.42. The van der Waals surface area contributed by atoms with Crippen LogP contribution in [-0.4, -0.2) is 66.9 Å². The SMILES string of the molecule is CC(C)COC(=O)Cl.COc1ccc(COc2ccc3c(c2)CN(C(=O)OCC(C)C)CC3)nc1.COc1ccc(COc2ccc3c(c2)CNCC3)nc1. The highest BCUT2D eigenvalue weighted by Gasteiger charge is 2.22. The minimum absolute atomic E-state index is 0.247. The number of hydrogen-bond acceptors (Lipinski definition) is 11. The van der Waals surface area contributed by atoms with E-state index in [-0.39, 0.29) is 6.09 Å². The van der Waals surface area contributed by atoms with Crippen molar-refractivity contribution in [3.63, 3.8) is 0 Å². The zero-order valence-electron chi connectivity index (χ0n) is 32.6. The number of carbonyl (C=O) groups excluding carboxylic acids is 2. The van der Waals surface area contributed by atoms with Gasteiger partial charge < -0.3 is 38.6 Å². The maximum atomic E-state index is 12.2. The Morgan fingerprint density at radius 3 is 1.73 bits per heavy atom. The molecule has 0 spiro atoms. The fraction of sp³-hybridized carbons (Fsp3) is 0.429. The predicted octanol–water partition coefficient (Wildman–Crippen LogP) is 8.15. The number of carbonyl (C=O) groups is 2. The maximum absolute atomic E-state index is 12.2. The van der Waals surface area contributed by atoms with Crippen LogP contribution in [0.15, 0.2) is 73.1 Å². The van der Waals surface area contributed by atoms with Gasteiger partial charge in [-0.15, -0.1) is 0 Å². The van der Waals surface area contributed by atoms with Crippen LogP contribution < -0.4 is 24.3 Å². The van der Waals surface area contributed by atoms with Crippen molar-refractivity contribution in [1.82, 2.24) is 20.2 Å². The fourth-order valence-electron chi connectivity index (χ4n) is 5.44. The number of benzene rings is 2. The molecular weight excluding hydrogens is 724 g/mol. The molecule has 12 nitrogen and oxygen atoms in total. The molecule has 2 aromatic carbocycles. The lowest BCUT2D eigenvalue weighted by Crippen LogP contribution is -2.36. The standard InChI is InChI=1S/C21H26N2O4.C16H18N2O2.C5H9ClO2/c1-15(2)13-27-21(24)23-9-8-16-4-6-19(10-17(16)12-23)26-14-18-5-7-20(25-3)11-22-18;1-19-16-5-3-14(18-10-16)11-20-15-4-2-12-6-7-17-9-13(12)8-15;1-4(2)3-8-5(6)7/h4-7,10-11,15H,8-9,12-14H2,1-3H3;2-5,8,10,17H,6-7,9,11H2,1H3;4H,3H2,1-2H3. The van der Waals surface area contributed by atoms with Crippen molar-refractivity contribution in [2.75, 3.05) is 40.5 Å². The molecule has 0 fully saturated rings. The Bertz CT molecular complexity index is 1790. The summed E-state index contributed by atoms with van der Waals surface area (Å²) in [7, 11) is 3.25. The first-order valence-corrected chi connectivity index (χ1v) is 18.8. The van der Waals surface area contributed by atoms with Gasteiger partial charge in [-0.25, -0.2) is 9.59 Å². The van der Waals surface area contributed by atoms with Crippen LogP contribution in [0.4, 0.5) is 9.59 Å². The topological polar surface area (TPSA) is 131 Å². The lowest BCUT2D eigenvalue weighted by Gasteiger charge is -2.28. The number of fused-ring (bicyclic) bond motifs is 2. The van der Waals surface area contributed by atoms with E-state index in [2.05, 4.69) is 38.2 Å². The van der Waals surface area contributed by atoms with Crippen molar-refractivity contribution >= 4 is 23.1 Å². The van der Waals surface area contributed by atoms with Crippen molar-refractivity contribution in [1.29, 1.82) is 0 Å². The highest BCUT2D eigenvalue weighted by molar-refractivity contribution is 6.61. The lowest BCUT2D eigenvalue weighted by atomic mass is 10.00. The van der Waals surface area contributed by atoms with Gasteiger partial charge in [0.25, 0.3) is 0 Å². The van der Waals surface area contributed by atoms with Crippen LogP contribution in [0.25, 0.3) is 0 Å². The number of nitrogens with one attached hydrogen (secondary N) is 1. The smallest absolute Gasteiger partial charge is 0.410 e. The van der Waals surface area contributed by atoms with E-state index in [0.717, 1.165) is 65.9 Å². The first kappa shape index (κ1) is 42.7. The van der Waals surface area contributed by atoms with Gasteiger partial charge in [0.2, 0.25) is 0 Å². The summed E-state index contributed by atoms with van der Waals surface area (Å²) in [5.41, 5.74) is 6.09. The highest BCUT2D eigenvalue weighted by atomic mass is 35.5. The maximum Gasteiger partial charge on any atom is 0.410 e. The van der Waals surface area contributed by atoms with Crippen LogP contribution in [0, 0.1) is 11.8 Å². The van der Waals surface area contributed by atoms with Crippen molar-refractivity contribution in [2.24, 2.45) is 11.8 Å². The average Bonchev–Trinajstić information content (AvgIpc) is 3.21. The number of nitrogens with zero attached hydrogens (tertiary/aromatic N) is 3. The molecule has 0 aliphatic carbocycles. The summed E-state index contributed by atoms with van der Waals surface area (Å²) >= 11 is 4.86. The predicted molar refractivity (Wildman–Crippen MR) is 211 cm³/mol. The van der Waals surface area contributed by atoms with Gasteiger partial charge in [-0.1, -0.05) is 39.8 Å². The Morgan fingerprint density at radius 1 is 0.709 bits per heavy atom. The van der Waals surface area contributed by atoms with Crippen LogP contribution in [-0.2, 0) is 48.6 Å². The zero-order chi connectivity index (χ0) is 39.6. The summed E-state index contributed by atoms with van der Waals surface area (Å²) in [5, 5.41) is 3.37. The molecule has 0 radical (unpaired) electrons. The molecule has 1 N–H and O–H groups in total. The summed E-state index contributed by atoms with van der Waals surface area (Å²) in [6.07, 6.45) is 5.05. The molecule has 0 bridgehead atoms. The number of rotatable bonds is 12. The normalized spacial score (nSPS) is 12.9. The third kappa shape index (κ3) is 14.9. The fourth-order valence-corrected chi connectivity index (χ4v) is 5.50. The summed E-state index contributed by atoms with van der Waals surface area (Å²) < 4.78 is 31.6. The van der Waals surface area contributed by atoms with Crippen LogP contribution in [0.1, 0.15) is 61.3 Å². The molecule has 2 aliphatic heterocycles. The van der Waals surface area contributed by atoms with Gasteiger partial charge in [-0.05, 0) is 102 Å². The zero-order valence-corrected chi connectivity index (χ0v) is 33.4. The molecule has 55 heavy (non-hydrogen) atoms. The monoisotopic (exact) mass is 776 g/mol. The van der Waals surface area contributed by atoms with E-state index < -0.39 is 5.43 Å². The summed E-state index contributed by atoms with van der Waals surface area (Å²) in [6.45, 7) is 12.8. The average molecular weight is 777 g/mol. The number of hydrogen-bond donors (Lipinski definition) is 1. The van der Waals surface area contributed by atoms with Crippen molar-refractivity contribution in [3.8, 4) is 23.0 Å². The molecule has 296 valence electrons. The second-order valence-corrected chi connectivity index (χ2v) is 14.1. The van der Waals surface area contributed by atoms with E-state index in [1.165, 1.54) is 16.7 Å². The molecule has 1 amide bonds. The minimum Gasteiger partial charge on any atom is -0.495 e. The van der Waals surface area contributed by atoms with Crippen LogP contribution >= 0.6 is 11.6 Å². The third-order valence-corrected chi connectivity index (χ3v) is 8.53. The first-order chi connectivity index (χ1) is 26.5. The van der Waals surface area contributed by atoms with E-state index in [4.69, 9.17) is 35.3 Å². The molecule has 2 aromatic heterocycles. The Labute approximate surface area is 329 Å². The van der Waals surface area contributed by atoms with Crippen molar-refractivity contribution in [3.05, 3.63) is 107 Å². The van der Waals surface area contributed by atoms with E-state index in [1.807, 2.05) is 70.2 Å². The number of amides is 1. The quantitative estimate of drug-likeness (QED) is 0.140. The molecule has 4 heterocycles. The van der Waals surface area contributed by atoms with Crippen LogP contribution in [0.3, 0.4) is 0 Å². The van der Waals surface area contributed by atoms with Gasteiger partial charge in [0.05, 0.1) is 51.2 Å². The van der Waals surface area contributed by atoms with Crippen molar-refractivity contribution in [2.45, 2.75) is 66.8 Å². The van der Waals surface area contributed by atoms with Gasteiger partial charge in [0.1, 0.15) is 36.2 Å². The van der Waals surface area contributed by atoms with Gasteiger partial charge in [0.15, 0.2) is 0 Å². The summed E-state index contributed by atoms with van der Waals surface area (Å²) in [4.78, 5) is 32.4. The second-order valence-electron chi connectivity index (χ2n) is 13.8. The van der Waals surface area contributed by atoms with Crippen molar-refractivity contribution < 1.29 is 38.0 Å². The molecule has 6 rings (SSSR count). The Morgan fingerprint density at radius 2 is 1.24 bits per heavy atom.